The molecule has 0 aliphatic carbocycles. The van der Waals surface area contributed by atoms with E-state index in [1.807, 2.05) is 12.1 Å². The predicted octanol–water partition coefficient (Wildman–Crippen LogP) is 2.70. The highest BCUT2D eigenvalue weighted by Crippen LogP contribution is 2.16. The summed E-state index contributed by atoms with van der Waals surface area (Å²) in [4.78, 5) is 25.8. The second kappa shape index (κ2) is 8.49. The van der Waals surface area contributed by atoms with E-state index in [1.54, 1.807) is 24.3 Å². The number of urea groups is 1. The third kappa shape index (κ3) is 4.83. The molecule has 0 radical (unpaired) electrons. The minimum Gasteiger partial charge on any atom is -0.351 e. The van der Waals surface area contributed by atoms with Gasteiger partial charge in [-0.05, 0) is 55.3 Å². The Labute approximate surface area is 153 Å². The molecule has 6 nitrogen and oxygen atoms in total. The lowest BCUT2D eigenvalue weighted by atomic mass is 10.1. The van der Waals surface area contributed by atoms with Gasteiger partial charge in [0.05, 0.1) is 0 Å². The van der Waals surface area contributed by atoms with Crippen LogP contribution in [0, 0.1) is 0 Å². The Morgan fingerprint density at radius 2 is 1.73 bits per heavy atom. The summed E-state index contributed by atoms with van der Waals surface area (Å²) in [6.45, 7) is 3.67. The minimum absolute atomic E-state index is 0.186. The number of carbonyl (C=O) groups excluding carboxylic acids is 2. The molecule has 3 amide bonds. The first-order chi connectivity index (χ1) is 12.6. The third-order valence-corrected chi connectivity index (χ3v) is 4.54. The summed E-state index contributed by atoms with van der Waals surface area (Å²) >= 11 is 0. The zero-order chi connectivity index (χ0) is 18.4. The van der Waals surface area contributed by atoms with Crippen LogP contribution in [-0.2, 0) is 13.1 Å². The fourth-order valence-electron chi connectivity index (χ4n) is 3.22. The van der Waals surface area contributed by atoms with Gasteiger partial charge in [0, 0.05) is 24.3 Å². The molecule has 6 heteroatoms. The van der Waals surface area contributed by atoms with E-state index in [-0.39, 0.29) is 5.91 Å². The van der Waals surface area contributed by atoms with Crippen LogP contribution >= 0.6 is 0 Å². The number of nitrogens with one attached hydrogen (secondary N) is 2. The Bertz CT molecular complexity index is 785. The van der Waals surface area contributed by atoms with Crippen LogP contribution in [0.3, 0.4) is 0 Å². The average molecular weight is 352 g/mol. The highest BCUT2D eigenvalue weighted by molar-refractivity contribution is 5.96. The molecule has 0 saturated carbocycles. The lowest BCUT2D eigenvalue weighted by Crippen LogP contribution is -2.25. The third-order valence-electron chi connectivity index (χ3n) is 4.54. The smallest absolute Gasteiger partial charge is 0.316 e. The second-order valence-corrected chi connectivity index (χ2v) is 6.50. The molecule has 0 spiro atoms. The average Bonchev–Trinajstić information content (AvgIpc) is 3.13. The van der Waals surface area contributed by atoms with Gasteiger partial charge in [-0.15, -0.1) is 0 Å². The quantitative estimate of drug-likeness (QED) is 0.747. The maximum atomic E-state index is 12.4. The van der Waals surface area contributed by atoms with Crippen LogP contribution in [0.15, 0.2) is 48.5 Å². The molecule has 1 aliphatic heterocycles. The Kier molecular flexibility index (Phi) is 5.86. The van der Waals surface area contributed by atoms with E-state index < -0.39 is 6.03 Å². The van der Waals surface area contributed by atoms with Gasteiger partial charge in [-0.3, -0.25) is 9.69 Å². The molecule has 0 atom stereocenters. The maximum Gasteiger partial charge on any atom is 0.316 e. The number of likely N-dealkylation sites (tertiary alicyclic amines) is 1. The van der Waals surface area contributed by atoms with Gasteiger partial charge in [0.15, 0.2) is 0 Å². The van der Waals surface area contributed by atoms with Crippen molar-refractivity contribution in [1.29, 1.82) is 0 Å². The normalized spacial score (nSPS) is 14.2. The van der Waals surface area contributed by atoms with Crippen molar-refractivity contribution in [2.45, 2.75) is 25.9 Å². The van der Waals surface area contributed by atoms with Crippen LogP contribution in [0.5, 0.6) is 0 Å². The molecule has 2 aromatic carbocycles. The van der Waals surface area contributed by atoms with Crippen molar-refractivity contribution in [2.24, 2.45) is 5.73 Å². The molecule has 2 aromatic rings. The van der Waals surface area contributed by atoms with Crippen LogP contribution in [0.1, 0.15) is 34.3 Å². The number of carbonyl (C=O) groups is 2. The van der Waals surface area contributed by atoms with Crippen LogP contribution < -0.4 is 16.4 Å². The van der Waals surface area contributed by atoms with Crippen LogP contribution in [-0.4, -0.2) is 29.9 Å². The number of hydrogen-bond donors (Lipinski definition) is 3. The molecule has 3 rings (SSSR count). The van der Waals surface area contributed by atoms with Crippen molar-refractivity contribution in [1.82, 2.24) is 10.2 Å². The summed E-state index contributed by atoms with van der Waals surface area (Å²) in [5.74, 6) is -0.186. The first kappa shape index (κ1) is 17.9. The molecule has 26 heavy (non-hydrogen) atoms. The summed E-state index contributed by atoms with van der Waals surface area (Å²) in [7, 11) is 0. The number of hydrogen-bond acceptors (Lipinski definition) is 3. The molecular formula is C20H24N4O2. The lowest BCUT2D eigenvalue weighted by Gasteiger charge is -2.17. The SMILES string of the molecule is NC(=O)Nc1cccc(C(=O)NCc2ccccc2CN2CCCC2)c1. The van der Waals surface area contributed by atoms with E-state index in [9.17, 15) is 9.59 Å². The number of primary amides is 1. The van der Waals surface area contributed by atoms with E-state index >= 15 is 0 Å². The molecule has 0 unspecified atom stereocenters. The lowest BCUT2D eigenvalue weighted by molar-refractivity contribution is 0.0950. The summed E-state index contributed by atoms with van der Waals surface area (Å²) in [6, 6.07) is 14.3. The van der Waals surface area contributed by atoms with Crippen molar-refractivity contribution in [3.63, 3.8) is 0 Å². The van der Waals surface area contributed by atoms with Gasteiger partial charge in [-0.2, -0.15) is 0 Å². The zero-order valence-corrected chi connectivity index (χ0v) is 14.7. The van der Waals surface area contributed by atoms with Gasteiger partial charge in [-0.25, -0.2) is 4.79 Å². The van der Waals surface area contributed by atoms with Gasteiger partial charge in [-0.1, -0.05) is 30.3 Å². The Balaban J connectivity index is 1.63. The topological polar surface area (TPSA) is 87.5 Å². The molecule has 0 bridgehead atoms. The minimum atomic E-state index is -0.654. The second-order valence-electron chi connectivity index (χ2n) is 6.50. The first-order valence-electron chi connectivity index (χ1n) is 8.85. The predicted molar refractivity (Wildman–Crippen MR) is 102 cm³/mol. The van der Waals surface area contributed by atoms with Crippen molar-refractivity contribution in [2.75, 3.05) is 18.4 Å². The van der Waals surface area contributed by atoms with E-state index in [0.29, 0.717) is 17.8 Å². The number of anilines is 1. The van der Waals surface area contributed by atoms with Crippen molar-refractivity contribution in [3.8, 4) is 0 Å². The Morgan fingerprint density at radius 1 is 1.00 bits per heavy atom. The van der Waals surface area contributed by atoms with Crippen molar-refractivity contribution < 1.29 is 9.59 Å². The molecule has 1 heterocycles. The number of rotatable bonds is 6. The number of nitrogens with zero attached hydrogens (tertiary/aromatic N) is 1. The van der Waals surface area contributed by atoms with E-state index in [0.717, 1.165) is 25.2 Å². The Morgan fingerprint density at radius 3 is 2.46 bits per heavy atom. The number of amides is 3. The van der Waals surface area contributed by atoms with Gasteiger partial charge < -0.3 is 16.4 Å². The highest BCUT2D eigenvalue weighted by atomic mass is 16.2. The summed E-state index contributed by atoms with van der Waals surface area (Å²) < 4.78 is 0. The highest BCUT2D eigenvalue weighted by Gasteiger charge is 2.14. The molecule has 4 N–H and O–H groups in total. The van der Waals surface area contributed by atoms with Crippen LogP contribution in [0.25, 0.3) is 0 Å². The fourth-order valence-corrected chi connectivity index (χ4v) is 3.22. The van der Waals surface area contributed by atoms with Crippen molar-refractivity contribution in [3.05, 3.63) is 65.2 Å². The number of nitrogens with two attached hydrogens (primary N) is 1. The standard InChI is InChI=1S/C20H24N4O2/c21-20(26)23-18-9-5-8-15(12-18)19(25)22-13-16-6-1-2-7-17(16)14-24-10-3-4-11-24/h1-2,5-9,12H,3-4,10-11,13-14H2,(H,22,25)(H3,21,23,26). The molecule has 1 fully saturated rings. The molecule has 1 aliphatic rings. The first-order valence-corrected chi connectivity index (χ1v) is 8.85. The van der Waals surface area contributed by atoms with Crippen LogP contribution in [0.4, 0.5) is 10.5 Å². The Hall–Kier alpha value is -2.86. The van der Waals surface area contributed by atoms with E-state index in [4.69, 9.17) is 5.73 Å². The summed E-state index contributed by atoms with van der Waals surface area (Å²) in [5.41, 5.74) is 8.47. The van der Waals surface area contributed by atoms with Gasteiger partial charge >= 0.3 is 6.03 Å². The molecular weight excluding hydrogens is 328 g/mol. The van der Waals surface area contributed by atoms with Gasteiger partial charge in [0.25, 0.3) is 5.91 Å². The molecule has 0 aromatic heterocycles. The van der Waals surface area contributed by atoms with E-state index in [2.05, 4.69) is 27.7 Å². The molecule has 136 valence electrons. The van der Waals surface area contributed by atoms with Gasteiger partial charge in [0.1, 0.15) is 0 Å². The zero-order valence-electron chi connectivity index (χ0n) is 14.7. The van der Waals surface area contributed by atoms with Gasteiger partial charge in [0.2, 0.25) is 0 Å². The van der Waals surface area contributed by atoms with Crippen molar-refractivity contribution >= 4 is 17.6 Å². The van der Waals surface area contributed by atoms with E-state index in [1.165, 1.54) is 18.4 Å². The summed E-state index contributed by atoms with van der Waals surface area (Å²) in [6.07, 6.45) is 2.52. The largest absolute Gasteiger partial charge is 0.351 e. The summed E-state index contributed by atoms with van der Waals surface area (Å²) in [5, 5.41) is 5.44. The monoisotopic (exact) mass is 352 g/mol. The van der Waals surface area contributed by atoms with Crippen LogP contribution in [0.2, 0.25) is 0 Å². The maximum absolute atomic E-state index is 12.4. The number of benzene rings is 2. The fraction of sp³-hybridized carbons (Fsp3) is 0.300. The molecule has 1 saturated heterocycles.